The first-order valence-corrected chi connectivity index (χ1v) is 2.93. The molecule has 60 valence electrons. The van der Waals surface area contributed by atoms with Gasteiger partial charge in [-0.25, -0.2) is 9.78 Å². The molecule has 11 heavy (non-hydrogen) atoms. The highest BCUT2D eigenvalue weighted by molar-refractivity contribution is 6.29. The number of hydrogen-bond acceptors (Lipinski definition) is 2. The van der Waals surface area contributed by atoms with Crippen molar-refractivity contribution in [2.24, 2.45) is 0 Å². The van der Waals surface area contributed by atoms with Gasteiger partial charge >= 0.3 is 5.97 Å². The van der Waals surface area contributed by atoms with Crippen LogP contribution in [0.25, 0.3) is 0 Å². The molecule has 0 aliphatic heterocycles. The summed E-state index contributed by atoms with van der Waals surface area (Å²) in [7, 11) is 0. The van der Waals surface area contributed by atoms with Crippen LogP contribution in [0.15, 0.2) is 18.3 Å². The molecule has 0 amide bonds. The molecule has 1 aromatic rings. The van der Waals surface area contributed by atoms with Crippen molar-refractivity contribution in [2.75, 3.05) is 0 Å². The van der Waals surface area contributed by atoms with E-state index in [-0.39, 0.29) is 18.1 Å². The van der Waals surface area contributed by atoms with Gasteiger partial charge in [0.25, 0.3) is 0 Å². The van der Waals surface area contributed by atoms with Crippen LogP contribution in [-0.2, 0) is 0 Å². The molecule has 1 rings (SSSR count). The zero-order valence-corrected chi connectivity index (χ0v) is 5.67. The Morgan fingerprint density at radius 2 is 2.27 bits per heavy atom. The van der Waals surface area contributed by atoms with Gasteiger partial charge in [0.2, 0.25) is 0 Å². The topological polar surface area (TPSA) is 50.2 Å². The first kappa shape index (κ1) is 9.91. The van der Waals surface area contributed by atoms with Gasteiger partial charge in [0.15, 0.2) is 0 Å². The quantitative estimate of drug-likeness (QED) is 0.662. The van der Waals surface area contributed by atoms with Gasteiger partial charge in [-0.05, 0) is 12.1 Å². The highest BCUT2D eigenvalue weighted by atomic mass is 35.5. The molecule has 0 aliphatic carbocycles. The van der Waals surface area contributed by atoms with Gasteiger partial charge in [-0.15, -0.1) is 0 Å². The lowest BCUT2D eigenvalue weighted by Crippen LogP contribution is -1.95. The Labute approximate surface area is 69.6 Å². The monoisotopic (exact) mass is 173 g/mol. The number of hydrogen-bond donors (Lipinski definition) is 1. The SMILES string of the molecule is C.O=C(O)c1ccnc(Cl)c1. The van der Waals surface area contributed by atoms with Gasteiger partial charge in [-0.1, -0.05) is 19.0 Å². The fraction of sp³-hybridized carbons (Fsp3) is 0.143. The van der Waals surface area contributed by atoms with E-state index in [9.17, 15) is 4.79 Å². The molecule has 0 atom stereocenters. The van der Waals surface area contributed by atoms with Gasteiger partial charge in [0, 0.05) is 6.20 Å². The van der Waals surface area contributed by atoms with Crippen LogP contribution in [0.5, 0.6) is 0 Å². The molecule has 1 aromatic heterocycles. The van der Waals surface area contributed by atoms with Gasteiger partial charge < -0.3 is 5.11 Å². The standard InChI is InChI=1S/C6H4ClNO2.CH4/c7-5-3-4(6(9)10)1-2-8-5;/h1-3H,(H,9,10);1H4. The maximum absolute atomic E-state index is 10.3. The summed E-state index contributed by atoms with van der Waals surface area (Å²) < 4.78 is 0. The van der Waals surface area contributed by atoms with Crippen LogP contribution < -0.4 is 0 Å². The van der Waals surface area contributed by atoms with E-state index in [0.29, 0.717) is 0 Å². The average Bonchev–Trinajstić information content (AvgIpc) is 1.88. The van der Waals surface area contributed by atoms with Gasteiger partial charge in [-0.3, -0.25) is 0 Å². The number of aromatic carboxylic acids is 1. The molecule has 4 heteroatoms. The Hall–Kier alpha value is -1.09. The number of carbonyl (C=O) groups is 1. The van der Waals surface area contributed by atoms with Crippen molar-refractivity contribution < 1.29 is 9.90 Å². The number of pyridine rings is 1. The zero-order valence-electron chi connectivity index (χ0n) is 4.91. The average molecular weight is 174 g/mol. The minimum absolute atomic E-state index is 0. The Balaban J connectivity index is 0.000001000. The maximum atomic E-state index is 10.3. The second kappa shape index (κ2) is 3.93. The number of halogens is 1. The number of carboxylic acid groups (broad SMARTS) is 1. The van der Waals surface area contributed by atoms with Crippen molar-refractivity contribution in [1.29, 1.82) is 0 Å². The van der Waals surface area contributed by atoms with E-state index in [1.807, 2.05) is 0 Å². The number of rotatable bonds is 1. The third-order valence-corrected chi connectivity index (χ3v) is 1.18. The lowest BCUT2D eigenvalue weighted by molar-refractivity contribution is 0.0697. The third-order valence-electron chi connectivity index (χ3n) is 0.974. The van der Waals surface area contributed by atoms with Crippen LogP contribution in [0, 0.1) is 0 Å². The van der Waals surface area contributed by atoms with Crippen molar-refractivity contribution >= 4 is 17.6 Å². The summed E-state index contributed by atoms with van der Waals surface area (Å²) >= 11 is 5.41. The predicted octanol–water partition coefficient (Wildman–Crippen LogP) is 2.07. The number of aromatic nitrogens is 1. The van der Waals surface area contributed by atoms with Gasteiger partial charge in [0.05, 0.1) is 5.56 Å². The van der Waals surface area contributed by atoms with Crippen molar-refractivity contribution in [1.82, 2.24) is 4.98 Å². The molecule has 0 aromatic carbocycles. The van der Waals surface area contributed by atoms with Crippen LogP contribution >= 0.6 is 11.6 Å². The molecular formula is C7H8ClNO2. The van der Waals surface area contributed by atoms with Crippen molar-refractivity contribution in [2.45, 2.75) is 7.43 Å². The van der Waals surface area contributed by atoms with E-state index in [0.717, 1.165) is 0 Å². The first-order chi connectivity index (χ1) is 4.70. The second-order valence-electron chi connectivity index (χ2n) is 1.67. The van der Waals surface area contributed by atoms with Crippen LogP contribution in [0.1, 0.15) is 17.8 Å². The molecule has 0 aliphatic rings. The summed E-state index contributed by atoms with van der Waals surface area (Å²) in [5, 5.41) is 8.62. The highest BCUT2D eigenvalue weighted by Crippen LogP contribution is 2.05. The predicted molar refractivity (Wildman–Crippen MR) is 42.9 cm³/mol. The largest absolute Gasteiger partial charge is 0.478 e. The highest BCUT2D eigenvalue weighted by Gasteiger charge is 2.01. The molecule has 1 heterocycles. The minimum Gasteiger partial charge on any atom is -0.478 e. The first-order valence-electron chi connectivity index (χ1n) is 2.55. The summed E-state index contributed by atoms with van der Waals surface area (Å²) in [5.74, 6) is -0.996. The third kappa shape index (κ3) is 2.55. The Bertz CT molecular complexity index is 262. The smallest absolute Gasteiger partial charge is 0.335 e. The van der Waals surface area contributed by atoms with Crippen LogP contribution in [0.2, 0.25) is 5.15 Å². The zero-order chi connectivity index (χ0) is 7.56. The molecular weight excluding hydrogens is 166 g/mol. The van der Waals surface area contributed by atoms with Crippen LogP contribution in [0.3, 0.4) is 0 Å². The molecule has 0 bridgehead atoms. The Morgan fingerprint density at radius 1 is 1.64 bits per heavy atom. The lowest BCUT2D eigenvalue weighted by atomic mass is 10.3. The molecule has 0 fully saturated rings. The maximum Gasteiger partial charge on any atom is 0.335 e. The normalized spacial score (nSPS) is 8.45. The molecule has 1 N–H and O–H groups in total. The van der Waals surface area contributed by atoms with E-state index < -0.39 is 5.97 Å². The summed E-state index contributed by atoms with van der Waals surface area (Å²) in [6, 6.07) is 2.68. The van der Waals surface area contributed by atoms with Crippen molar-refractivity contribution in [3.63, 3.8) is 0 Å². The second-order valence-corrected chi connectivity index (χ2v) is 2.06. The number of carboxylic acids is 1. The summed E-state index contributed by atoms with van der Waals surface area (Å²) in [6.45, 7) is 0. The van der Waals surface area contributed by atoms with Gasteiger partial charge in [-0.2, -0.15) is 0 Å². The molecule has 3 nitrogen and oxygen atoms in total. The molecule has 0 unspecified atom stereocenters. The molecule has 0 radical (unpaired) electrons. The fourth-order valence-electron chi connectivity index (χ4n) is 0.535. The molecule has 0 saturated carbocycles. The van der Waals surface area contributed by atoms with Crippen LogP contribution in [0.4, 0.5) is 0 Å². The van der Waals surface area contributed by atoms with Crippen molar-refractivity contribution in [3.8, 4) is 0 Å². The van der Waals surface area contributed by atoms with E-state index >= 15 is 0 Å². The summed E-state index contributed by atoms with van der Waals surface area (Å²) in [6.07, 6.45) is 1.35. The van der Waals surface area contributed by atoms with Crippen molar-refractivity contribution in [3.05, 3.63) is 29.0 Å². The Kier molecular flexibility index (Phi) is 3.54. The summed E-state index contributed by atoms with van der Waals surface area (Å²) in [4.78, 5) is 13.9. The minimum atomic E-state index is -0.996. The molecule has 0 spiro atoms. The van der Waals surface area contributed by atoms with E-state index in [4.69, 9.17) is 16.7 Å². The molecule has 0 saturated heterocycles. The van der Waals surface area contributed by atoms with Crippen LogP contribution in [-0.4, -0.2) is 16.1 Å². The fourth-order valence-corrected chi connectivity index (χ4v) is 0.709. The van der Waals surface area contributed by atoms with E-state index in [2.05, 4.69) is 4.98 Å². The summed E-state index contributed by atoms with van der Waals surface area (Å²) in [5.41, 5.74) is 0.153. The van der Waals surface area contributed by atoms with E-state index in [1.54, 1.807) is 0 Å². The lowest BCUT2D eigenvalue weighted by Gasteiger charge is -1.91. The van der Waals surface area contributed by atoms with E-state index in [1.165, 1.54) is 18.3 Å². The Morgan fingerprint density at radius 3 is 2.64 bits per heavy atom. The number of nitrogens with zero attached hydrogens (tertiary/aromatic N) is 1. The van der Waals surface area contributed by atoms with Gasteiger partial charge in [0.1, 0.15) is 5.15 Å².